The van der Waals surface area contributed by atoms with Crippen LogP contribution in [-0.4, -0.2) is 25.3 Å². The summed E-state index contributed by atoms with van der Waals surface area (Å²) in [5.74, 6) is -0.681. The Kier molecular flexibility index (Phi) is 4.77. The molecule has 3 N–H and O–H groups in total. The number of carbonyl (C=O) groups excluding carboxylic acids is 1. The van der Waals surface area contributed by atoms with E-state index in [9.17, 15) is 18.0 Å². The molecule has 0 saturated heterocycles. The summed E-state index contributed by atoms with van der Waals surface area (Å²) >= 11 is 0. The number of carbonyl (C=O) groups is 1. The zero-order valence-electron chi connectivity index (χ0n) is 10.6. The lowest BCUT2D eigenvalue weighted by Crippen LogP contribution is -2.24. The Bertz CT molecular complexity index is 473. The smallest absolute Gasteiger partial charge is 0.397 e. The maximum Gasteiger partial charge on any atom is 0.411 e. The first-order chi connectivity index (χ1) is 8.69. The summed E-state index contributed by atoms with van der Waals surface area (Å²) in [6, 6.07) is 3.34. The largest absolute Gasteiger partial charge is 0.411 e. The van der Waals surface area contributed by atoms with E-state index in [4.69, 9.17) is 5.73 Å². The molecule has 1 amide bonds. The van der Waals surface area contributed by atoms with Gasteiger partial charge >= 0.3 is 6.18 Å². The Morgan fingerprint density at radius 3 is 2.47 bits per heavy atom. The van der Waals surface area contributed by atoms with Gasteiger partial charge in [-0.1, -0.05) is 0 Å². The molecule has 0 aliphatic rings. The van der Waals surface area contributed by atoms with Crippen molar-refractivity contribution in [3.8, 4) is 0 Å². The third-order valence-corrected chi connectivity index (χ3v) is 2.44. The van der Waals surface area contributed by atoms with E-state index in [2.05, 4.69) is 10.1 Å². The van der Waals surface area contributed by atoms with E-state index in [0.29, 0.717) is 11.4 Å². The molecule has 0 aliphatic carbocycles. The topological polar surface area (TPSA) is 64.3 Å². The molecule has 0 aromatic heterocycles. The summed E-state index contributed by atoms with van der Waals surface area (Å²) in [6.45, 7) is 1.57. The molecule has 0 bridgehead atoms. The molecule has 0 heterocycles. The number of alkyl halides is 3. The highest BCUT2D eigenvalue weighted by Gasteiger charge is 2.27. The van der Waals surface area contributed by atoms with E-state index >= 15 is 0 Å². The third kappa shape index (κ3) is 5.17. The minimum Gasteiger partial charge on any atom is -0.397 e. The first-order valence-electron chi connectivity index (χ1n) is 5.50. The van der Waals surface area contributed by atoms with Crippen LogP contribution in [0.25, 0.3) is 0 Å². The molecule has 0 saturated carbocycles. The van der Waals surface area contributed by atoms with Gasteiger partial charge in [-0.05, 0) is 37.1 Å². The van der Waals surface area contributed by atoms with E-state index in [1.54, 1.807) is 12.1 Å². The molecule has 1 aromatic carbocycles. The molecular weight excluding hydrogens is 261 g/mol. The summed E-state index contributed by atoms with van der Waals surface area (Å²) < 4.78 is 39.7. The van der Waals surface area contributed by atoms with E-state index in [-0.39, 0.29) is 0 Å². The lowest BCUT2D eigenvalue weighted by Gasteiger charge is -2.12. The molecule has 1 rings (SSSR count). The number of ether oxygens (including phenoxy) is 1. The zero-order chi connectivity index (χ0) is 14.6. The van der Waals surface area contributed by atoms with Crippen LogP contribution >= 0.6 is 0 Å². The lowest BCUT2D eigenvalue weighted by molar-refractivity contribution is -0.174. The number of nitrogens with two attached hydrogens (primary N) is 1. The van der Waals surface area contributed by atoms with Gasteiger partial charge in [0, 0.05) is 0 Å². The van der Waals surface area contributed by atoms with Crippen LogP contribution < -0.4 is 11.1 Å². The maximum atomic E-state index is 11.8. The normalized spacial score (nSPS) is 11.4. The molecule has 106 valence electrons. The van der Waals surface area contributed by atoms with Gasteiger partial charge in [0.25, 0.3) is 0 Å². The SMILES string of the molecule is Cc1cc(N)c(NC(=O)COCC(F)(F)F)cc1C. The number of aryl methyl sites for hydroxylation is 2. The van der Waals surface area contributed by atoms with Gasteiger partial charge in [-0.25, -0.2) is 0 Å². The molecule has 0 aliphatic heterocycles. The van der Waals surface area contributed by atoms with Crippen molar-refractivity contribution in [2.75, 3.05) is 24.3 Å². The Morgan fingerprint density at radius 2 is 1.89 bits per heavy atom. The van der Waals surface area contributed by atoms with Crippen LogP contribution in [0, 0.1) is 13.8 Å². The number of amides is 1. The molecule has 0 spiro atoms. The first-order valence-corrected chi connectivity index (χ1v) is 5.50. The molecule has 1 aromatic rings. The fourth-order valence-corrected chi connectivity index (χ4v) is 1.39. The molecule has 0 fully saturated rings. The van der Waals surface area contributed by atoms with Crippen molar-refractivity contribution < 1.29 is 22.7 Å². The van der Waals surface area contributed by atoms with Gasteiger partial charge in [0.15, 0.2) is 0 Å². The molecular formula is C12H15F3N2O2. The average molecular weight is 276 g/mol. The summed E-state index contributed by atoms with van der Waals surface area (Å²) in [4.78, 5) is 11.4. The molecule has 4 nitrogen and oxygen atoms in total. The van der Waals surface area contributed by atoms with Crippen LogP contribution in [0.1, 0.15) is 11.1 Å². The van der Waals surface area contributed by atoms with Crippen LogP contribution in [0.15, 0.2) is 12.1 Å². The maximum absolute atomic E-state index is 11.8. The van der Waals surface area contributed by atoms with Crippen LogP contribution in [0.3, 0.4) is 0 Å². The van der Waals surface area contributed by atoms with Gasteiger partial charge in [0.1, 0.15) is 13.2 Å². The quantitative estimate of drug-likeness (QED) is 0.830. The summed E-state index contributed by atoms with van der Waals surface area (Å²) in [5.41, 5.74) is 8.30. The lowest BCUT2D eigenvalue weighted by atomic mass is 10.1. The monoisotopic (exact) mass is 276 g/mol. The second-order valence-corrected chi connectivity index (χ2v) is 4.18. The van der Waals surface area contributed by atoms with Crippen molar-refractivity contribution in [1.29, 1.82) is 0 Å². The van der Waals surface area contributed by atoms with Gasteiger partial charge in [0.05, 0.1) is 11.4 Å². The second kappa shape index (κ2) is 5.92. The predicted octanol–water partition coefficient (Wildman–Crippen LogP) is 2.40. The van der Waals surface area contributed by atoms with E-state index in [1.807, 2.05) is 13.8 Å². The molecule has 0 radical (unpaired) electrons. The fraction of sp³-hybridized carbons (Fsp3) is 0.417. The minimum absolute atomic E-state index is 0.354. The van der Waals surface area contributed by atoms with Crippen molar-refractivity contribution in [3.63, 3.8) is 0 Å². The average Bonchev–Trinajstić information content (AvgIpc) is 2.24. The molecule has 7 heteroatoms. The van der Waals surface area contributed by atoms with Gasteiger partial charge in [0.2, 0.25) is 5.91 Å². The van der Waals surface area contributed by atoms with Crippen molar-refractivity contribution in [2.45, 2.75) is 20.0 Å². The Balaban J connectivity index is 2.56. The molecule has 0 unspecified atom stereocenters. The van der Waals surface area contributed by atoms with Crippen molar-refractivity contribution >= 4 is 17.3 Å². The first kappa shape index (κ1) is 15.3. The van der Waals surface area contributed by atoms with E-state index in [0.717, 1.165) is 11.1 Å². The van der Waals surface area contributed by atoms with Crippen LogP contribution in [0.4, 0.5) is 24.5 Å². The summed E-state index contributed by atoms with van der Waals surface area (Å²) in [5, 5.41) is 2.41. The number of nitrogens with one attached hydrogen (secondary N) is 1. The van der Waals surface area contributed by atoms with E-state index in [1.165, 1.54) is 0 Å². The molecule has 0 atom stereocenters. The number of halogens is 3. The number of hydrogen-bond acceptors (Lipinski definition) is 3. The highest BCUT2D eigenvalue weighted by atomic mass is 19.4. The zero-order valence-corrected chi connectivity index (χ0v) is 10.6. The Labute approximate surface area is 108 Å². The van der Waals surface area contributed by atoms with Gasteiger partial charge < -0.3 is 15.8 Å². The summed E-state index contributed by atoms with van der Waals surface area (Å²) in [7, 11) is 0. The molecule has 19 heavy (non-hydrogen) atoms. The van der Waals surface area contributed by atoms with Crippen molar-refractivity contribution in [2.24, 2.45) is 0 Å². The van der Waals surface area contributed by atoms with Crippen LogP contribution in [-0.2, 0) is 9.53 Å². The second-order valence-electron chi connectivity index (χ2n) is 4.18. The van der Waals surface area contributed by atoms with Gasteiger partial charge in [-0.2, -0.15) is 13.2 Å². The van der Waals surface area contributed by atoms with Crippen molar-refractivity contribution in [1.82, 2.24) is 0 Å². The number of hydrogen-bond donors (Lipinski definition) is 2. The minimum atomic E-state index is -4.44. The number of nitrogen functional groups attached to an aromatic ring is 1. The fourth-order valence-electron chi connectivity index (χ4n) is 1.39. The van der Waals surface area contributed by atoms with Gasteiger partial charge in [-0.3, -0.25) is 4.79 Å². The highest BCUT2D eigenvalue weighted by Crippen LogP contribution is 2.23. The van der Waals surface area contributed by atoms with Gasteiger partial charge in [-0.15, -0.1) is 0 Å². The Hall–Kier alpha value is -1.76. The standard InChI is InChI=1S/C12H15F3N2O2/c1-7-3-9(16)10(4-8(7)2)17-11(18)5-19-6-12(13,14)15/h3-4H,5-6,16H2,1-2H3,(H,17,18). The Morgan fingerprint density at radius 1 is 1.32 bits per heavy atom. The third-order valence-electron chi connectivity index (χ3n) is 2.44. The number of anilines is 2. The van der Waals surface area contributed by atoms with Crippen LogP contribution in [0.2, 0.25) is 0 Å². The van der Waals surface area contributed by atoms with E-state index < -0.39 is 25.3 Å². The highest BCUT2D eigenvalue weighted by molar-refractivity contribution is 5.94. The summed E-state index contributed by atoms with van der Waals surface area (Å²) in [6.07, 6.45) is -4.44. The number of benzene rings is 1. The van der Waals surface area contributed by atoms with Crippen molar-refractivity contribution in [3.05, 3.63) is 23.3 Å². The van der Waals surface area contributed by atoms with Crippen LogP contribution in [0.5, 0.6) is 0 Å². The predicted molar refractivity (Wildman–Crippen MR) is 65.8 cm³/mol. The number of rotatable bonds is 4.